The Balaban J connectivity index is 1.80. The Hall–Kier alpha value is -3.06. The van der Waals surface area contributed by atoms with Gasteiger partial charge in [-0.05, 0) is 43.5 Å². The zero-order chi connectivity index (χ0) is 20.6. The van der Waals surface area contributed by atoms with E-state index >= 15 is 0 Å². The van der Waals surface area contributed by atoms with Gasteiger partial charge in [0.2, 0.25) is 5.96 Å². The summed E-state index contributed by atoms with van der Waals surface area (Å²) in [4.78, 5) is 17.5. The Kier molecular flexibility index (Phi) is 7.08. The van der Waals surface area contributed by atoms with Crippen LogP contribution in [0.25, 0.3) is 0 Å². The fourth-order valence-electron chi connectivity index (χ4n) is 3.05. The minimum atomic E-state index is -0.311. The highest BCUT2D eigenvalue weighted by molar-refractivity contribution is 6.10. The molecule has 154 valence electrons. The van der Waals surface area contributed by atoms with Crippen molar-refractivity contribution in [2.45, 2.75) is 25.9 Å². The molecule has 1 aliphatic rings. The number of aryl methyl sites for hydroxylation is 1. The third-order valence-electron chi connectivity index (χ3n) is 4.72. The Labute approximate surface area is 171 Å². The predicted molar refractivity (Wildman–Crippen MR) is 113 cm³/mol. The number of nitrogens with one attached hydrogen (secondary N) is 2. The SMILES string of the molecule is COc1cc(OC)cc(C(=O)NC(=NC[C@@H]2CCCO2)Nc2ccccc2C)c1. The van der Waals surface area contributed by atoms with Gasteiger partial charge in [0.05, 0.1) is 26.9 Å². The van der Waals surface area contributed by atoms with Crippen LogP contribution in [0.3, 0.4) is 0 Å². The summed E-state index contributed by atoms with van der Waals surface area (Å²) in [7, 11) is 3.09. The van der Waals surface area contributed by atoms with E-state index in [0.29, 0.717) is 29.6 Å². The van der Waals surface area contributed by atoms with Gasteiger partial charge in [-0.25, -0.2) is 4.99 Å². The van der Waals surface area contributed by atoms with E-state index < -0.39 is 0 Å². The van der Waals surface area contributed by atoms with Crippen molar-refractivity contribution >= 4 is 17.6 Å². The number of nitrogens with zero attached hydrogens (tertiary/aromatic N) is 1. The molecule has 29 heavy (non-hydrogen) atoms. The van der Waals surface area contributed by atoms with Crippen molar-refractivity contribution in [3.8, 4) is 11.5 Å². The number of rotatable bonds is 6. The van der Waals surface area contributed by atoms with E-state index in [4.69, 9.17) is 14.2 Å². The Morgan fingerprint density at radius 3 is 2.52 bits per heavy atom. The summed E-state index contributed by atoms with van der Waals surface area (Å²) < 4.78 is 16.2. The fraction of sp³-hybridized carbons (Fsp3) is 0.364. The highest BCUT2D eigenvalue weighted by Gasteiger charge is 2.17. The molecule has 0 bridgehead atoms. The van der Waals surface area contributed by atoms with E-state index in [9.17, 15) is 4.79 Å². The summed E-state index contributed by atoms with van der Waals surface area (Å²) in [5, 5.41) is 6.10. The fourth-order valence-corrected chi connectivity index (χ4v) is 3.05. The van der Waals surface area contributed by atoms with Crippen molar-refractivity contribution in [2.75, 3.05) is 32.7 Å². The summed E-state index contributed by atoms with van der Waals surface area (Å²) in [6.07, 6.45) is 2.09. The summed E-state index contributed by atoms with van der Waals surface area (Å²) in [5.74, 6) is 1.15. The predicted octanol–water partition coefficient (Wildman–Crippen LogP) is 3.39. The molecule has 1 aliphatic heterocycles. The topological polar surface area (TPSA) is 81.2 Å². The first-order chi connectivity index (χ1) is 14.1. The number of methoxy groups -OCH3 is 2. The number of benzene rings is 2. The van der Waals surface area contributed by atoms with E-state index in [-0.39, 0.29) is 12.0 Å². The highest BCUT2D eigenvalue weighted by Crippen LogP contribution is 2.22. The molecule has 7 nitrogen and oxygen atoms in total. The van der Waals surface area contributed by atoms with E-state index in [1.54, 1.807) is 32.4 Å². The number of carbonyl (C=O) groups excluding carboxylic acids is 1. The Bertz CT molecular complexity index is 854. The van der Waals surface area contributed by atoms with Crippen molar-refractivity contribution in [2.24, 2.45) is 4.99 Å². The molecule has 1 amide bonds. The van der Waals surface area contributed by atoms with E-state index in [1.807, 2.05) is 31.2 Å². The standard InChI is InChI=1S/C22H27N3O4/c1-15-7-4-5-9-20(15)24-22(23-14-17-8-6-10-29-17)25-21(26)16-11-18(27-2)13-19(12-16)28-3/h4-5,7,9,11-13,17H,6,8,10,14H2,1-3H3,(H2,23,24,25,26)/t17-/m0/s1. The Morgan fingerprint density at radius 1 is 1.17 bits per heavy atom. The monoisotopic (exact) mass is 397 g/mol. The number of amides is 1. The van der Waals surface area contributed by atoms with Crippen LogP contribution < -0.4 is 20.1 Å². The number of hydrogen-bond donors (Lipinski definition) is 2. The summed E-state index contributed by atoms with van der Waals surface area (Å²) in [6.45, 7) is 3.24. The average Bonchev–Trinajstić information content (AvgIpc) is 3.26. The molecule has 7 heteroatoms. The number of hydrogen-bond acceptors (Lipinski definition) is 5. The zero-order valence-corrected chi connectivity index (χ0v) is 17.0. The smallest absolute Gasteiger partial charge is 0.258 e. The van der Waals surface area contributed by atoms with Crippen LogP contribution >= 0.6 is 0 Å². The summed E-state index contributed by atoms with van der Waals surface area (Å²) in [6, 6.07) is 12.9. The lowest BCUT2D eigenvalue weighted by atomic mass is 10.2. The molecule has 2 aromatic carbocycles. The molecule has 1 saturated heterocycles. The van der Waals surface area contributed by atoms with Crippen molar-refractivity contribution in [3.63, 3.8) is 0 Å². The van der Waals surface area contributed by atoms with Gasteiger partial charge in [-0.2, -0.15) is 0 Å². The maximum absolute atomic E-state index is 12.9. The number of guanidine groups is 1. The number of carbonyl (C=O) groups is 1. The highest BCUT2D eigenvalue weighted by atomic mass is 16.5. The van der Waals surface area contributed by atoms with Gasteiger partial charge in [-0.15, -0.1) is 0 Å². The molecular weight excluding hydrogens is 370 g/mol. The molecule has 3 rings (SSSR count). The first kappa shape index (κ1) is 20.7. The molecule has 2 N–H and O–H groups in total. The molecule has 0 aromatic heterocycles. The second kappa shape index (κ2) is 9.93. The second-order valence-electron chi connectivity index (χ2n) is 6.82. The van der Waals surface area contributed by atoms with Crippen LogP contribution in [-0.4, -0.2) is 45.3 Å². The molecular formula is C22H27N3O4. The third kappa shape index (κ3) is 5.71. The van der Waals surface area contributed by atoms with Crippen molar-refractivity contribution < 1.29 is 19.0 Å². The van der Waals surface area contributed by atoms with Crippen molar-refractivity contribution in [1.29, 1.82) is 0 Å². The van der Waals surface area contributed by atoms with Crippen LogP contribution in [0.4, 0.5) is 5.69 Å². The summed E-state index contributed by atoms with van der Waals surface area (Å²) in [5.41, 5.74) is 2.34. The van der Waals surface area contributed by atoms with Crippen LogP contribution in [0.5, 0.6) is 11.5 Å². The van der Waals surface area contributed by atoms with Crippen LogP contribution in [0, 0.1) is 6.92 Å². The summed E-state index contributed by atoms with van der Waals surface area (Å²) >= 11 is 0. The van der Waals surface area contributed by atoms with Gasteiger partial charge >= 0.3 is 0 Å². The lowest BCUT2D eigenvalue weighted by Gasteiger charge is -2.15. The normalized spacial score (nSPS) is 16.4. The second-order valence-corrected chi connectivity index (χ2v) is 6.82. The molecule has 1 fully saturated rings. The lowest BCUT2D eigenvalue weighted by Crippen LogP contribution is -2.37. The van der Waals surface area contributed by atoms with Gasteiger partial charge in [-0.1, -0.05) is 18.2 Å². The van der Waals surface area contributed by atoms with Crippen LogP contribution in [0.15, 0.2) is 47.5 Å². The molecule has 1 atom stereocenters. The minimum absolute atomic E-state index is 0.0810. The van der Waals surface area contributed by atoms with E-state index in [1.165, 1.54) is 0 Å². The van der Waals surface area contributed by atoms with Gasteiger partial charge in [0.15, 0.2) is 0 Å². The van der Waals surface area contributed by atoms with Crippen LogP contribution in [-0.2, 0) is 4.74 Å². The molecule has 0 radical (unpaired) electrons. The van der Waals surface area contributed by atoms with Crippen molar-refractivity contribution in [1.82, 2.24) is 5.32 Å². The van der Waals surface area contributed by atoms with E-state index in [0.717, 1.165) is 30.7 Å². The van der Waals surface area contributed by atoms with Gasteiger partial charge in [0, 0.05) is 23.9 Å². The molecule has 0 spiro atoms. The van der Waals surface area contributed by atoms with Gasteiger partial charge in [-0.3, -0.25) is 10.1 Å². The molecule has 0 aliphatic carbocycles. The number of ether oxygens (including phenoxy) is 3. The lowest BCUT2D eigenvalue weighted by molar-refractivity contribution is 0.0975. The third-order valence-corrected chi connectivity index (χ3v) is 4.72. The van der Waals surface area contributed by atoms with Crippen LogP contribution in [0.2, 0.25) is 0 Å². The quantitative estimate of drug-likeness (QED) is 0.577. The zero-order valence-electron chi connectivity index (χ0n) is 17.0. The number of anilines is 1. The maximum atomic E-state index is 12.9. The molecule has 2 aromatic rings. The number of aliphatic imine (C=N–C) groups is 1. The number of para-hydroxylation sites is 1. The average molecular weight is 397 g/mol. The largest absolute Gasteiger partial charge is 0.497 e. The van der Waals surface area contributed by atoms with Gasteiger partial charge in [0.1, 0.15) is 11.5 Å². The molecule has 0 saturated carbocycles. The maximum Gasteiger partial charge on any atom is 0.258 e. The molecule has 1 heterocycles. The van der Waals surface area contributed by atoms with E-state index in [2.05, 4.69) is 15.6 Å². The first-order valence-corrected chi connectivity index (χ1v) is 9.62. The van der Waals surface area contributed by atoms with Gasteiger partial charge in [0.25, 0.3) is 5.91 Å². The van der Waals surface area contributed by atoms with Crippen molar-refractivity contribution in [3.05, 3.63) is 53.6 Å². The van der Waals surface area contributed by atoms with Gasteiger partial charge < -0.3 is 19.5 Å². The minimum Gasteiger partial charge on any atom is -0.497 e. The Morgan fingerprint density at radius 2 is 1.90 bits per heavy atom. The first-order valence-electron chi connectivity index (χ1n) is 9.62. The van der Waals surface area contributed by atoms with Crippen LogP contribution in [0.1, 0.15) is 28.8 Å². The molecule has 0 unspecified atom stereocenters.